The van der Waals surface area contributed by atoms with Crippen LogP contribution in [-0.4, -0.2) is 23.9 Å². The predicted octanol–water partition coefficient (Wildman–Crippen LogP) is 15.6. The highest BCUT2D eigenvalue weighted by molar-refractivity contribution is 5.93. The van der Waals surface area contributed by atoms with Gasteiger partial charge in [-0.15, -0.1) is 0 Å². The molecule has 4 aliphatic rings. The normalized spacial score (nSPS) is 17.1. The Labute approximate surface area is 465 Å². The SMILES string of the molecule is Cc1cc(C)c2c(c1)C(c1ccc(C)c(C)c1)C(=O)O2.Cc1cc(C)c2c(c1)C(c1cccc(C)c1C)C(=O)O2.Cc1ccc(C2C(=O)Oc3c(C)cc(C)cc32)c(C)c1.Cc1ccc(C2C(=O)Oc3c(C)cc(C)cc32)cc1. The maximum absolute atomic E-state index is 12.3. The molecular formula is C71H70O8. The van der Waals surface area contributed by atoms with E-state index in [1.807, 2.05) is 103 Å². The van der Waals surface area contributed by atoms with E-state index in [1.54, 1.807) is 0 Å². The summed E-state index contributed by atoms with van der Waals surface area (Å²) in [5.41, 5.74) is 25.2. The van der Waals surface area contributed by atoms with E-state index in [4.69, 9.17) is 18.9 Å². The second-order valence-corrected chi connectivity index (χ2v) is 22.3. The first-order chi connectivity index (χ1) is 37.5. The Kier molecular flexibility index (Phi) is 15.5. The van der Waals surface area contributed by atoms with Crippen LogP contribution in [0, 0.1) is 104 Å². The number of fused-ring (bicyclic) bond motifs is 4. The highest BCUT2D eigenvalue weighted by Gasteiger charge is 2.39. The van der Waals surface area contributed by atoms with E-state index in [0.29, 0.717) is 0 Å². The van der Waals surface area contributed by atoms with E-state index in [1.165, 1.54) is 33.4 Å². The number of aryl methyl sites for hydroxylation is 14. The number of carbonyl (C=O) groups excluding carboxylic acids is 4. The summed E-state index contributed by atoms with van der Waals surface area (Å²) in [6.07, 6.45) is 0. The van der Waals surface area contributed by atoms with Gasteiger partial charge in [-0.3, -0.25) is 19.2 Å². The smallest absolute Gasteiger partial charge is 0.323 e. The zero-order chi connectivity index (χ0) is 56.9. The largest absolute Gasteiger partial charge is 0.425 e. The molecule has 4 unspecified atom stereocenters. The summed E-state index contributed by atoms with van der Waals surface area (Å²) >= 11 is 0. The van der Waals surface area contributed by atoms with Gasteiger partial charge in [-0.1, -0.05) is 161 Å². The number of hydrogen-bond acceptors (Lipinski definition) is 8. The maximum Gasteiger partial charge on any atom is 0.323 e. The lowest BCUT2D eigenvalue weighted by molar-refractivity contribution is -0.134. The van der Waals surface area contributed by atoms with Crippen LogP contribution in [0.5, 0.6) is 23.0 Å². The van der Waals surface area contributed by atoms with E-state index in [9.17, 15) is 19.2 Å². The second kappa shape index (κ2) is 22.2. The zero-order valence-electron chi connectivity index (χ0n) is 48.2. The van der Waals surface area contributed by atoms with Gasteiger partial charge in [0.25, 0.3) is 0 Å². The number of ether oxygens (including phenoxy) is 4. The molecule has 0 saturated heterocycles. The summed E-state index contributed by atoms with van der Waals surface area (Å²) in [4.78, 5) is 49.1. The molecule has 4 aliphatic heterocycles. The molecule has 0 aliphatic carbocycles. The van der Waals surface area contributed by atoms with Gasteiger partial charge in [0, 0.05) is 22.3 Å². The molecule has 402 valence electrons. The fourth-order valence-electron chi connectivity index (χ4n) is 11.7. The van der Waals surface area contributed by atoms with Crippen LogP contribution in [0.4, 0.5) is 0 Å². The van der Waals surface area contributed by atoms with E-state index >= 15 is 0 Å². The van der Waals surface area contributed by atoms with Gasteiger partial charge < -0.3 is 18.9 Å². The molecule has 0 fully saturated rings. The Balaban J connectivity index is 0.000000128. The van der Waals surface area contributed by atoms with Crippen molar-refractivity contribution < 1.29 is 38.1 Å². The van der Waals surface area contributed by atoms with Gasteiger partial charge in [-0.2, -0.15) is 0 Å². The topological polar surface area (TPSA) is 105 Å². The fourth-order valence-corrected chi connectivity index (χ4v) is 11.7. The molecule has 79 heavy (non-hydrogen) atoms. The Morgan fingerprint density at radius 3 is 1.05 bits per heavy atom. The van der Waals surface area contributed by atoms with Crippen molar-refractivity contribution in [2.75, 3.05) is 0 Å². The number of carbonyl (C=O) groups is 4. The third kappa shape index (κ3) is 11.1. The van der Waals surface area contributed by atoms with Crippen molar-refractivity contribution in [3.05, 3.63) is 255 Å². The number of esters is 4. The minimum atomic E-state index is -0.289. The molecule has 0 saturated carbocycles. The van der Waals surface area contributed by atoms with Crippen molar-refractivity contribution in [1.29, 1.82) is 0 Å². The first kappa shape index (κ1) is 55.4. The molecule has 0 aromatic heterocycles. The summed E-state index contributed by atoms with van der Waals surface area (Å²) in [6, 6.07) is 43.0. The van der Waals surface area contributed by atoms with Crippen LogP contribution in [0.25, 0.3) is 0 Å². The highest BCUT2D eigenvalue weighted by atomic mass is 16.6. The summed E-state index contributed by atoms with van der Waals surface area (Å²) in [5, 5.41) is 0. The second-order valence-electron chi connectivity index (χ2n) is 22.3. The van der Waals surface area contributed by atoms with Gasteiger partial charge >= 0.3 is 23.9 Å². The number of rotatable bonds is 4. The van der Waals surface area contributed by atoms with Gasteiger partial charge in [0.2, 0.25) is 0 Å². The van der Waals surface area contributed by atoms with Gasteiger partial charge in [0.15, 0.2) is 0 Å². The van der Waals surface area contributed by atoms with E-state index in [-0.39, 0.29) is 47.5 Å². The number of benzene rings is 8. The van der Waals surface area contributed by atoms with Crippen molar-refractivity contribution >= 4 is 23.9 Å². The van der Waals surface area contributed by atoms with Crippen molar-refractivity contribution in [2.24, 2.45) is 0 Å². The average molecular weight is 1050 g/mol. The van der Waals surface area contributed by atoms with Crippen LogP contribution < -0.4 is 18.9 Å². The molecule has 8 aromatic rings. The van der Waals surface area contributed by atoms with Crippen LogP contribution in [0.3, 0.4) is 0 Å². The average Bonchev–Trinajstić information content (AvgIpc) is 4.34. The van der Waals surface area contributed by atoms with Crippen LogP contribution in [0.15, 0.2) is 127 Å². The minimum Gasteiger partial charge on any atom is -0.425 e. The first-order valence-corrected chi connectivity index (χ1v) is 27.1. The van der Waals surface area contributed by atoms with Gasteiger partial charge in [0.05, 0.1) is 0 Å². The van der Waals surface area contributed by atoms with E-state index in [0.717, 1.165) is 118 Å². The molecule has 8 aromatic carbocycles. The molecule has 0 radical (unpaired) electrons. The summed E-state index contributed by atoms with van der Waals surface area (Å²) in [5.74, 6) is 1.14. The molecule has 4 heterocycles. The van der Waals surface area contributed by atoms with Crippen molar-refractivity contribution in [1.82, 2.24) is 0 Å². The van der Waals surface area contributed by atoms with Gasteiger partial charge in [-0.25, -0.2) is 0 Å². The third-order valence-corrected chi connectivity index (χ3v) is 15.8. The number of hydrogen-bond donors (Lipinski definition) is 0. The molecule has 12 rings (SSSR count). The monoisotopic (exact) mass is 1050 g/mol. The fraction of sp³-hybridized carbons (Fsp3) is 0.268. The lowest BCUT2D eigenvalue weighted by Gasteiger charge is -2.13. The van der Waals surface area contributed by atoms with Crippen LogP contribution in [0.1, 0.15) is 152 Å². The standard InChI is InChI=1S/3C18H18O2.C17H16O2/c1-10-7-13(4)17-15(8-10)16(18(19)20-17)14-6-5-11(2)12(3)9-14;1-10-5-6-14(12(3)7-10)16-15-9-11(2)8-13(4)17(15)20-18(16)19;1-10-8-12(3)17-15(9-10)16(18(19)20-17)14-7-5-6-11(2)13(14)4;1-10-4-6-13(7-5-10)15-14-9-11(2)8-12(3)16(14)19-17(15)18/h3*5-9,16H,1-4H3;4-9,15H,1-3H3. The van der Waals surface area contributed by atoms with Crippen molar-refractivity contribution in [3.63, 3.8) is 0 Å². The molecule has 0 N–H and O–H groups in total. The van der Waals surface area contributed by atoms with Crippen LogP contribution in [0.2, 0.25) is 0 Å². The van der Waals surface area contributed by atoms with Crippen molar-refractivity contribution in [3.8, 4) is 23.0 Å². The summed E-state index contributed by atoms with van der Waals surface area (Å²) in [7, 11) is 0. The third-order valence-electron chi connectivity index (χ3n) is 15.8. The van der Waals surface area contributed by atoms with Crippen LogP contribution in [-0.2, 0) is 19.2 Å². The molecule has 0 spiro atoms. The van der Waals surface area contributed by atoms with Crippen molar-refractivity contribution in [2.45, 2.75) is 128 Å². The lowest BCUT2D eigenvalue weighted by Crippen LogP contribution is -2.13. The summed E-state index contributed by atoms with van der Waals surface area (Å²) in [6.45, 7) is 30.6. The van der Waals surface area contributed by atoms with Gasteiger partial charge in [0.1, 0.15) is 46.7 Å². The summed E-state index contributed by atoms with van der Waals surface area (Å²) < 4.78 is 22.0. The maximum atomic E-state index is 12.3. The van der Waals surface area contributed by atoms with E-state index in [2.05, 4.69) is 128 Å². The zero-order valence-corrected chi connectivity index (χ0v) is 48.2. The first-order valence-electron chi connectivity index (χ1n) is 27.1. The molecule has 0 amide bonds. The Morgan fingerprint density at radius 1 is 0.253 bits per heavy atom. The molecule has 4 atom stereocenters. The quantitative estimate of drug-likeness (QED) is 0.127. The lowest BCUT2D eigenvalue weighted by atomic mass is 9.87. The Hall–Kier alpha value is -8.36. The predicted molar refractivity (Wildman–Crippen MR) is 313 cm³/mol. The Bertz CT molecular complexity index is 3780. The van der Waals surface area contributed by atoms with Crippen LogP contribution >= 0.6 is 0 Å². The minimum absolute atomic E-state index is 0.164. The molecule has 8 heteroatoms. The highest BCUT2D eigenvalue weighted by Crippen LogP contribution is 2.46. The molecule has 8 nitrogen and oxygen atoms in total. The molecule has 0 bridgehead atoms. The van der Waals surface area contributed by atoms with Gasteiger partial charge in [-0.05, 0) is 176 Å². The van der Waals surface area contributed by atoms with E-state index < -0.39 is 0 Å². The molecular weight excluding hydrogens is 981 g/mol. The Morgan fingerprint density at radius 2 is 0.620 bits per heavy atom.